The lowest BCUT2D eigenvalue weighted by atomic mass is 10.0. The van der Waals surface area contributed by atoms with E-state index in [1.807, 2.05) is 13.2 Å². The number of nitrogens with zero attached hydrogens (tertiary/aromatic N) is 1. The minimum absolute atomic E-state index is 0.711. The van der Waals surface area contributed by atoms with Crippen molar-refractivity contribution in [2.45, 2.75) is 44.4 Å². The van der Waals surface area contributed by atoms with Gasteiger partial charge in [-0.1, -0.05) is 12.8 Å². The van der Waals surface area contributed by atoms with Gasteiger partial charge >= 0.3 is 0 Å². The van der Waals surface area contributed by atoms with Gasteiger partial charge in [0.1, 0.15) is 5.76 Å². The highest BCUT2D eigenvalue weighted by Crippen LogP contribution is 2.61. The van der Waals surface area contributed by atoms with Crippen molar-refractivity contribution in [1.29, 1.82) is 0 Å². The summed E-state index contributed by atoms with van der Waals surface area (Å²) < 4.78 is 5.91. The number of oxazole rings is 1. The first-order valence-electron chi connectivity index (χ1n) is 6.99. The number of hydrogen-bond donors (Lipinski definition) is 1. The Labute approximate surface area is 103 Å². The average Bonchev–Trinajstić information content (AvgIpc) is 2.91. The first kappa shape index (κ1) is 11.3. The maximum atomic E-state index is 5.91. The van der Waals surface area contributed by atoms with E-state index in [0.717, 1.165) is 37.1 Å². The van der Waals surface area contributed by atoms with Crippen LogP contribution in [0.1, 0.15) is 49.7 Å². The third-order valence-electron chi connectivity index (χ3n) is 4.37. The standard InChI is InChI=1S/C14H22N2O/c1-15-8-4-7-13-16-9-12(17-13)14-10-5-2-3-6-11(10)14/h9-11,14-15H,2-8H2,1H3. The molecule has 2 unspecified atom stereocenters. The lowest BCUT2D eigenvalue weighted by molar-refractivity contribution is 0.441. The van der Waals surface area contributed by atoms with Crippen LogP contribution in [-0.4, -0.2) is 18.6 Å². The van der Waals surface area contributed by atoms with Gasteiger partial charge in [0, 0.05) is 12.3 Å². The van der Waals surface area contributed by atoms with Crippen LogP contribution in [0.25, 0.3) is 0 Å². The van der Waals surface area contributed by atoms with E-state index in [1.165, 1.54) is 31.4 Å². The monoisotopic (exact) mass is 234 g/mol. The van der Waals surface area contributed by atoms with E-state index >= 15 is 0 Å². The van der Waals surface area contributed by atoms with Gasteiger partial charge in [0.15, 0.2) is 5.89 Å². The molecule has 3 rings (SSSR count). The van der Waals surface area contributed by atoms with Crippen LogP contribution in [0.4, 0.5) is 0 Å². The predicted molar refractivity (Wildman–Crippen MR) is 66.9 cm³/mol. The van der Waals surface area contributed by atoms with E-state index in [2.05, 4.69) is 10.3 Å². The lowest BCUT2D eigenvalue weighted by Crippen LogP contribution is -2.08. The van der Waals surface area contributed by atoms with Gasteiger partial charge in [-0.25, -0.2) is 4.98 Å². The Morgan fingerprint density at radius 3 is 2.82 bits per heavy atom. The molecule has 1 aromatic rings. The minimum Gasteiger partial charge on any atom is -0.445 e. The largest absolute Gasteiger partial charge is 0.445 e. The highest BCUT2D eigenvalue weighted by Gasteiger charge is 2.53. The van der Waals surface area contributed by atoms with Gasteiger partial charge in [-0.05, 0) is 44.7 Å². The van der Waals surface area contributed by atoms with Crippen molar-refractivity contribution in [2.75, 3.05) is 13.6 Å². The van der Waals surface area contributed by atoms with Crippen molar-refractivity contribution in [3.05, 3.63) is 17.8 Å². The van der Waals surface area contributed by atoms with Crippen LogP contribution >= 0.6 is 0 Å². The molecule has 0 amide bonds. The van der Waals surface area contributed by atoms with Crippen molar-refractivity contribution >= 4 is 0 Å². The summed E-state index contributed by atoms with van der Waals surface area (Å²) in [7, 11) is 1.98. The first-order chi connectivity index (χ1) is 8.40. The van der Waals surface area contributed by atoms with Crippen LogP contribution in [0.15, 0.2) is 10.6 Å². The van der Waals surface area contributed by atoms with E-state index < -0.39 is 0 Å². The van der Waals surface area contributed by atoms with Crippen molar-refractivity contribution in [2.24, 2.45) is 11.8 Å². The molecule has 1 aromatic heterocycles. The molecule has 2 aliphatic rings. The Hall–Kier alpha value is -0.830. The lowest BCUT2D eigenvalue weighted by Gasteiger charge is -2.04. The van der Waals surface area contributed by atoms with Gasteiger partial charge in [0.25, 0.3) is 0 Å². The quantitative estimate of drug-likeness (QED) is 0.796. The fraction of sp³-hybridized carbons (Fsp3) is 0.786. The molecule has 3 nitrogen and oxygen atoms in total. The Bertz CT molecular complexity index is 362. The Balaban J connectivity index is 1.57. The summed E-state index contributed by atoms with van der Waals surface area (Å²) in [5.74, 6) is 4.65. The Morgan fingerprint density at radius 1 is 1.35 bits per heavy atom. The molecule has 0 radical (unpaired) electrons. The highest BCUT2D eigenvalue weighted by atomic mass is 16.4. The van der Waals surface area contributed by atoms with Gasteiger partial charge in [-0.2, -0.15) is 0 Å². The van der Waals surface area contributed by atoms with Gasteiger partial charge in [-0.15, -0.1) is 0 Å². The van der Waals surface area contributed by atoms with Gasteiger partial charge in [0.2, 0.25) is 0 Å². The van der Waals surface area contributed by atoms with Crippen molar-refractivity contribution in [1.82, 2.24) is 10.3 Å². The zero-order valence-corrected chi connectivity index (χ0v) is 10.6. The molecule has 0 aliphatic heterocycles. The molecule has 1 heterocycles. The SMILES string of the molecule is CNCCCc1ncc(C2C3CCCCC32)o1. The smallest absolute Gasteiger partial charge is 0.194 e. The normalized spacial score (nSPS) is 31.2. The number of rotatable bonds is 5. The molecule has 2 aliphatic carbocycles. The molecule has 1 N–H and O–H groups in total. The van der Waals surface area contributed by atoms with E-state index in [1.54, 1.807) is 0 Å². The van der Waals surface area contributed by atoms with Crippen molar-refractivity contribution in [3.8, 4) is 0 Å². The Kier molecular flexibility index (Phi) is 3.19. The van der Waals surface area contributed by atoms with E-state index in [-0.39, 0.29) is 0 Å². The van der Waals surface area contributed by atoms with Crippen LogP contribution < -0.4 is 5.32 Å². The fourth-order valence-electron chi connectivity index (χ4n) is 3.42. The molecule has 0 bridgehead atoms. The number of aromatic nitrogens is 1. The molecule has 17 heavy (non-hydrogen) atoms. The molecule has 2 saturated carbocycles. The topological polar surface area (TPSA) is 38.1 Å². The van der Waals surface area contributed by atoms with Crippen LogP contribution in [0.3, 0.4) is 0 Å². The third kappa shape index (κ3) is 2.25. The van der Waals surface area contributed by atoms with Gasteiger partial charge in [0.05, 0.1) is 6.20 Å². The second-order valence-electron chi connectivity index (χ2n) is 5.50. The van der Waals surface area contributed by atoms with E-state index in [4.69, 9.17) is 4.42 Å². The maximum Gasteiger partial charge on any atom is 0.194 e. The first-order valence-corrected chi connectivity index (χ1v) is 6.99. The summed E-state index contributed by atoms with van der Waals surface area (Å²) >= 11 is 0. The van der Waals surface area contributed by atoms with Crippen LogP contribution in [0.5, 0.6) is 0 Å². The number of fused-ring (bicyclic) bond motifs is 1. The average molecular weight is 234 g/mol. The van der Waals surface area contributed by atoms with Gasteiger partial charge < -0.3 is 9.73 Å². The maximum absolute atomic E-state index is 5.91. The van der Waals surface area contributed by atoms with Crippen LogP contribution in [-0.2, 0) is 6.42 Å². The number of aryl methyl sites for hydroxylation is 1. The third-order valence-corrected chi connectivity index (χ3v) is 4.37. The predicted octanol–water partition coefficient (Wildman–Crippen LogP) is 2.73. The molecular formula is C14H22N2O. The summed E-state index contributed by atoms with van der Waals surface area (Å²) in [6.07, 6.45) is 9.70. The minimum atomic E-state index is 0.711. The number of hydrogen-bond acceptors (Lipinski definition) is 3. The molecule has 2 atom stereocenters. The second-order valence-corrected chi connectivity index (χ2v) is 5.50. The molecule has 2 fully saturated rings. The number of nitrogens with one attached hydrogen (secondary N) is 1. The summed E-state index contributed by atoms with van der Waals surface area (Å²) in [5.41, 5.74) is 0. The second kappa shape index (κ2) is 4.81. The summed E-state index contributed by atoms with van der Waals surface area (Å²) in [4.78, 5) is 4.41. The molecule has 94 valence electrons. The van der Waals surface area contributed by atoms with Crippen molar-refractivity contribution < 1.29 is 4.42 Å². The molecule has 0 spiro atoms. The van der Waals surface area contributed by atoms with Crippen LogP contribution in [0, 0.1) is 11.8 Å². The molecular weight excluding hydrogens is 212 g/mol. The van der Waals surface area contributed by atoms with Gasteiger partial charge in [-0.3, -0.25) is 0 Å². The summed E-state index contributed by atoms with van der Waals surface area (Å²) in [6.45, 7) is 1.03. The zero-order valence-electron chi connectivity index (χ0n) is 10.6. The highest BCUT2D eigenvalue weighted by molar-refractivity contribution is 5.18. The molecule has 3 heteroatoms. The molecule has 0 aromatic carbocycles. The van der Waals surface area contributed by atoms with Crippen molar-refractivity contribution in [3.63, 3.8) is 0 Å². The van der Waals surface area contributed by atoms with E-state index in [0.29, 0.717) is 5.92 Å². The summed E-state index contributed by atoms with van der Waals surface area (Å²) in [6, 6.07) is 0. The van der Waals surface area contributed by atoms with E-state index in [9.17, 15) is 0 Å². The zero-order chi connectivity index (χ0) is 11.7. The molecule has 0 saturated heterocycles. The van der Waals surface area contributed by atoms with Crippen LogP contribution in [0.2, 0.25) is 0 Å². The summed E-state index contributed by atoms with van der Waals surface area (Å²) in [5, 5.41) is 3.15. The Morgan fingerprint density at radius 2 is 2.12 bits per heavy atom. The fourth-order valence-corrected chi connectivity index (χ4v) is 3.42.